The van der Waals surface area contributed by atoms with Gasteiger partial charge in [-0.1, -0.05) is 48.3 Å². The summed E-state index contributed by atoms with van der Waals surface area (Å²) in [5, 5.41) is 14.6. The van der Waals surface area contributed by atoms with Crippen LogP contribution in [-0.4, -0.2) is 39.5 Å². The van der Waals surface area contributed by atoms with Gasteiger partial charge in [0.1, 0.15) is 6.04 Å². The second-order valence-electron chi connectivity index (χ2n) is 7.67. The van der Waals surface area contributed by atoms with Crippen molar-refractivity contribution in [3.63, 3.8) is 0 Å². The van der Waals surface area contributed by atoms with Gasteiger partial charge in [-0.15, -0.1) is 11.8 Å². The van der Waals surface area contributed by atoms with Crippen molar-refractivity contribution in [1.82, 2.24) is 10.2 Å². The predicted octanol–water partition coefficient (Wildman–Crippen LogP) is 5.47. The Morgan fingerprint density at radius 1 is 1.15 bits per heavy atom. The Morgan fingerprint density at radius 2 is 1.82 bits per heavy atom. The maximum absolute atomic E-state index is 13.1. The van der Waals surface area contributed by atoms with Crippen molar-refractivity contribution >= 4 is 52.5 Å². The first-order valence-corrected chi connectivity index (χ1v) is 12.4. The molecule has 0 saturated carbocycles. The van der Waals surface area contributed by atoms with E-state index in [4.69, 9.17) is 23.2 Å². The quantitative estimate of drug-likeness (QED) is 0.319. The molecule has 2 rings (SSSR count). The van der Waals surface area contributed by atoms with Crippen LogP contribution in [0.25, 0.3) is 0 Å². The van der Waals surface area contributed by atoms with Crippen molar-refractivity contribution in [2.24, 2.45) is 0 Å². The van der Waals surface area contributed by atoms with E-state index in [1.54, 1.807) is 37.3 Å². The van der Waals surface area contributed by atoms with Gasteiger partial charge in [-0.05, 0) is 43.5 Å². The van der Waals surface area contributed by atoms with Crippen LogP contribution in [0.15, 0.2) is 42.5 Å². The van der Waals surface area contributed by atoms with Crippen LogP contribution in [0, 0.1) is 10.1 Å². The van der Waals surface area contributed by atoms with E-state index < -0.39 is 11.0 Å². The third kappa shape index (κ3) is 8.21. The molecule has 0 spiro atoms. The summed E-state index contributed by atoms with van der Waals surface area (Å²) in [5.74, 6) is 0.207. The van der Waals surface area contributed by atoms with Gasteiger partial charge < -0.3 is 10.2 Å². The summed E-state index contributed by atoms with van der Waals surface area (Å²) in [7, 11) is 0. The Kier molecular flexibility index (Phi) is 10.5. The lowest BCUT2D eigenvalue weighted by Crippen LogP contribution is -2.50. The average Bonchev–Trinajstić information content (AvgIpc) is 2.78. The molecule has 2 unspecified atom stereocenters. The average molecular weight is 512 g/mol. The van der Waals surface area contributed by atoms with E-state index in [-0.39, 0.29) is 35.8 Å². The first kappa shape index (κ1) is 27.0. The van der Waals surface area contributed by atoms with Crippen LogP contribution >= 0.6 is 35.0 Å². The van der Waals surface area contributed by atoms with Gasteiger partial charge in [-0.2, -0.15) is 0 Å². The number of nitrogens with zero attached hydrogens (tertiary/aromatic N) is 2. The van der Waals surface area contributed by atoms with Crippen molar-refractivity contribution in [2.45, 2.75) is 51.6 Å². The third-order valence-corrected chi connectivity index (χ3v) is 6.74. The summed E-state index contributed by atoms with van der Waals surface area (Å²) in [5.41, 5.74) is 1.58. The molecule has 0 bridgehead atoms. The minimum absolute atomic E-state index is 0.00691. The summed E-state index contributed by atoms with van der Waals surface area (Å²) in [6, 6.07) is 10.6. The largest absolute Gasteiger partial charge is 0.352 e. The fraction of sp³-hybridized carbons (Fsp3) is 0.391. The van der Waals surface area contributed by atoms with E-state index in [2.05, 4.69) is 5.32 Å². The second-order valence-corrected chi connectivity index (χ2v) is 9.50. The number of hydrogen-bond acceptors (Lipinski definition) is 5. The highest BCUT2D eigenvalue weighted by Crippen LogP contribution is 2.24. The molecule has 0 aliphatic heterocycles. The number of non-ortho nitro benzene ring substituents is 1. The normalized spacial score (nSPS) is 12.6. The Bertz CT molecular complexity index is 988. The highest BCUT2D eigenvalue weighted by molar-refractivity contribution is 7.99. The SMILES string of the molecule is CCC(C)NC(=O)C(C)N(Cc1ccc(Cl)cc1Cl)C(=O)CSCc1ccc([N+](=O)[O-])cc1. The summed E-state index contributed by atoms with van der Waals surface area (Å²) < 4.78 is 0. The van der Waals surface area contributed by atoms with Crippen molar-refractivity contribution in [3.8, 4) is 0 Å². The molecule has 33 heavy (non-hydrogen) atoms. The molecule has 0 fully saturated rings. The summed E-state index contributed by atoms with van der Waals surface area (Å²) in [6.07, 6.45) is 0.778. The van der Waals surface area contributed by atoms with Crippen LogP contribution in [-0.2, 0) is 21.9 Å². The predicted molar refractivity (Wildman–Crippen MR) is 134 cm³/mol. The Morgan fingerprint density at radius 3 is 2.39 bits per heavy atom. The minimum Gasteiger partial charge on any atom is -0.352 e. The minimum atomic E-state index is -0.696. The molecule has 0 aliphatic carbocycles. The Balaban J connectivity index is 2.10. The highest BCUT2D eigenvalue weighted by atomic mass is 35.5. The van der Waals surface area contributed by atoms with Gasteiger partial charge in [-0.3, -0.25) is 19.7 Å². The molecular formula is C23H27Cl2N3O4S. The molecule has 0 aromatic heterocycles. The molecule has 0 radical (unpaired) electrons. The van der Waals surface area contributed by atoms with E-state index in [0.717, 1.165) is 12.0 Å². The lowest BCUT2D eigenvalue weighted by atomic mass is 10.1. The molecule has 0 saturated heterocycles. The van der Waals surface area contributed by atoms with Crippen molar-refractivity contribution in [2.75, 3.05) is 5.75 Å². The summed E-state index contributed by atoms with van der Waals surface area (Å²) in [4.78, 5) is 37.7. The van der Waals surface area contributed by atoms with Gasteiger partial charge in [0.15, 0.2) is 0 Å². The fourth-order valence-electron chi connectivity index (χ4n) is 2.93. The van der Waals surface area contributed by atoms with Gasteiger partial charge in [0, 0.05) is 40.5 Å². The van der Waals surface area contributed by atoms with Gasteiger partial charge in [0.2, 0.25) is 11.8 Å². The van der Waals surface area contributed by atoms with Gasteiger partial charge >= 0.3 is 0 Å². The number of amides is 2. The van der Waals surface area contributed by atoms with Crippen molar-refractivity contribution < 1.29 is 14.5 Å². The smallest absolute Gasteiger partial charge is 0.269 e. The molecule has 2 atom stereocenters. The number of carbonyl (C=O) groups is 2. The zero-order valence-electron chi connectivity index (χ0n) is 18.7. The van der Waals surface area contributed by atoms with Crippen molar-refractivity contribution in [3.05, 3.63) is 73.8 Å². The Hall–Kier alpha value is -2.29. The maximum atomic E-state index is 13.1. The van der Waals surface area contributed by atoms with Crippen molar-refractivity contribution in [1.29, 1.82) is 0 Å². The number of carbonyl (C=O) groups excluding carboxylic acids is 2. The number of nitro groups is 1. The molecule has 10 heteroatoms. The number of benzene rings is 2. The van der Waals surface area contributed by atoms with E-state index in [1.165, 1.54) is 28.8 Å². The van der Waals surface area contributed by atoms with E-state index in [1.807, 2.05) is 13.8 Å². The highest BCUT2D eigenvalue weighted by Gasteiger charge is 2.27. The molecule has 0 heterocycles. The van der Waals surface area contributed by atoms with E-state index in [9.17, 15) is 19.7 Å². The molecule has 1 N–H and O–H groups in total. The van der Waals surface area contributed by atoms with Crippen LogP contribution < -0.4 is 5.32 Å². The maximum Gasteiger partial charge on any atom is 0.269 e. The van der Waals surface area contributed by atoms with Crippen LogP contribution in [0.1, 0.15) is 38.3 Å². The van der Waals surface area contributed by atoms with E-state index >= 15 is 0 Å². The molecule has 2 aromatic rings. The molecule has 2 aromatic carbocycles. The lowest BCUT2D eigenvalue weighted by Gasteiger charge is -2.30. The van der Waals surface area contributed by atoms with Gasteiger partial charge in [0.05, 0.1) is 10.7 Å². The van der Waals surface area contributed by atoms with E-state index in [0.29, 0.717) is 21.4 Å². The second kappa shape index (κ2) is 12.8. The van der Waals surface area contributed by atoms with Crippen LogP contribution in [0.5, 0.6) is 0 Å². The first-order valence-electron chi connectivity index (χ1n) is 10.5. The zero-order valence-corrected chi connectivity index (χ0v) is 21.0. The summed E-state index contributed by atoms with van der Waals surface area (Å²) in [6.45, 7) is 5.75. The van der Waals surface area contributed by atoms with Crippen LogP contribution in [0.4, 0.5) is 5.69 Å². The topological polar surface area (TPSA) is 92.6 Å². The number of hydrogen-bond donors (Lipinski definition) is 1. The first-order chi connectivity index (χ1) is 15.6. The fourth-order valence-corrected chi connectivity index (χ4v) is 4.27. The molecule has 0 aliphatic rings. The lowest BCUT2D eigenvalue weighted by molar-refractivity contribution is -0.384. The van der Waals surface area contributed by atoms with Crippen LogP contribution in [0.2, 0.25) is 10.0 Å². The number of halogens is 2. The molecular weight excluding hydrogens is 485 g/mol. The summed E-state index contributed by atoms with van der Waals surface area (Å²) >= 11 is 13.7. The number of nitrogens with one attached hydrogen (secondary N) is 1. The van der Waals surface area contributed by atoms with Crippen LogP contribution in [0.3, 0.4) is 0 Å². The van der Waals surface area contributed by atoms with Gasteiger partial charge in [-0.25, -0.2) is 0 Å². The number of rotatable bonds is 11. The standard InChI is InChI=1S/C23H27Cl2N3O4S/c1-4-15(2)26-23(30)16(3)27(12-18-7-8-19(24)11-21(18)25)22(29)14-33-13-17-5-9-20(10-6-17)28(31)32/h5-11,15-16H,4,12-14H2,1-3H3,(H,26,30). The third-order valence-electron chi connectivity index (χ3n) is 5.17. The van der Waals surface area contributed by atoms with Gasteiger partial charge in [0.25, 0.3) is 5.69 Å². The monoisotopic (exact) mass is 511 g/mol. The molecule has 2 amide bonds. The number of nitro benzene ring substituents is 1. The Labute approximate surface area is 208 Å². The zero-order chi connectivity index (χ0) is 24.5. The molecule has 7 nitrogen and oxygen atoms in total. The number of thioether (sulfide) groups is 1. The molecule has 178 valence electrons.